The molecule has 1 aliphatic rings. The van der Waals surface area contributed by atoms with Gasteiger partial charge in [0.15, 0.2) is 0 Å². The van der Waals surface area contributed by atoms with E-state index in [1.807, 2.05) is 6.07 Å². The fourth-order valence-electron chi connectivity index (χ4n) is 11.8. The van der Waals surface area contributed by atoms with Crippen molar-refractivity contribution in [1.29, 1.82) is 0 Å². The summed E-state index contributed by atoms with van der Waals surface area (Å²) in [7, 11) is 0. The second kappa shape index (κ2) is 15.1. The minimum absolute atomic E-state index is 0.0610. The van der Waals surface area contributed by atoms with Gasteiger partial charge in [-0.25, -0.2) is 0 Å². The summed E-state index contributed by atoms with van der Waals surface area (Å²) in [5, 5.41) is 14.9. The van der Waals surface area contributed by atoms with Crippen molar-refractivity contribution in [2.24, 2.45) is 10.9 Å². The van der Waals surface area contributed by atoms with E-state index in [1.54, 1.807) is 0 Å². The fraction of sp³-hybridized carbons (Fsp3) is 0.0923. The Bertz CT molecular complexity index is 4310. The van der Waals surface area contributed by atoms with E-state index in [2.05, 4.69) is 212 Å². The summed E-state index contributed by atoms with van der Waals surface area (Å²) in [5.74, 6) is 0.0610. The maximum atomic E-state index is 6.59. The van der Waals surface area contributed by atoms with E-state index in [0.717, 1.165) is 63.7 Å². The van der Waals surface area contributed by atoms with E-state index < -0.39 is 0 Å². The lowest BCUT2D eigenvalue weighted by atomic mass is 9.84. The zero-order chi connectivity index (χ0) is 45.0. The minimum atomic E-state index is 0.0610. The van der Waals surface area contributed by atoms with Crippen molar-refractivity contribution in [3.63, 3.8) is 0 Å². The average molecular weight is 871 g/mol. The molecule has 0 spiro atoms. The number of hydrogen-bond acceptors (Lipinski definition) is 2. The summed E-state index contributed by atoms with van der Waals surface area (Å²) in [5.41, 5.74) is 16.2. The van der Waals surface area contributed by atoms with Crippen LogP contribution in [0.15, 0.2) is 215 Å². The summed E-state index contributed by atoms with van der Waals surface area (Å²) in [4.78, 5) is 6.12. The topological polar surface area (TPSA) is 29.9 Å². The highest BCUT2D eigenvalue weighted by Gasteiger charge is 2.27. The van der Waals surface area contributed by atoms with Gasteiger partial charge >= 0.3 is 0 Å². The van der Waals surface area contributed by atoms with E-state index in [0.29, 0.717) is 0 Å². The van der Waals surface area contributed by atoms with Crippen molar-refractivity contribution >= 4 is 109 Å². The smallest absolute Gasteiger partial charge is 0.136 e. The molecule has 68 heavy (non-hydrogen) atoms. The van der Waals surface area contributed by atoms with Crippen LogP contribution in [0, 0.1) is 5.92 Å². The quantitative estimate of drug-likeness (QED) is 0.159. The Morgan fingerprint density at radius 1 is 0.471 bits per heavy atom. The number of rotatable bonds is 5. The largest absolute Gasteiger partial charge is 0.456 e. The van der Waals surface area contributed by atoms with Gasteiger partial charge in [-0.1, -0.05) is 178 Å². The third kappa shape index (κ3) is 5.75. The van der Waals surface area contributed by atoms with E-state index >= 15 is 0 Å². The van der Waals surface area contributed by atoms with Gasteiger partial charge in [-0.2, -0.15) is 0 Å². The molecule has 0 bridgehead atoms. The first kappa shape index (κ1) is 38.9. The molecule has 0 N–H and O–H groups in total. The molecule has 0 aliphatic carbocycles. The van der Waals surface area contributed by atoms with Crippen molar-refractivity contribution in [2.45, 2.75) is 33.1 Å². The highest BCUT2D eigenvalue weighted by Crippen LogP contribution is 2.47. The number of allylic oxidation sites excluding steroid dienone is 3. The zero-order valence-electron chi connectivity index (χ0n) is 38.1. The Morgan fingerprint density at radius 3 is 1.78 bits per heavy atom. The van der Waals surface area contributed by atoms with Gasteiger partial charge in [0.1, 0.15) is 11.2 Å². The summed E-state index contributed by atoms with van der Waals surface area (Å²) >= 11 is 0. The van der Waals surface area contributed by atoms with E-state index in [4.69, 9.17) is 9.41 Å². The zero-order valence-corrected chi connectivity index (χ0v) is 38.1. The number of fused-ring (bicyclic) bond motifs is 15. The molecule has 1 unspecified atom stereocenters. The number of benzene rings is 10. The van der Waals surface area contributed by atoms with E-state index in [1.165, 1.54) is 98.2 Å². The van der Waals surface area contributed by atoms with Crippen LogP contribution in [0.25, 0.3) is 115 Å². The van der Waals surface area contributed by atoms with Crippen LogP contribution in [0.2, 0.25) is 0 Å². The molecule has 1 atom stereocenters. The first-order valence-corrected chi connectivity index (χ1v) is 24.1. The number of furan rings is 1. The Kier molecular flexibility index (Phi) is 8.67. The molecule has 0 fully saturated rings. The first-order valence-electron chi connectivity index (χ1n) is 24.1. The van der Waals surface area contributed by atoms with Crippen molar-refractivity contribution in [3.8, 4) is 11.1 Å². The molecule has 0 radical (unpaired) electrons. The first-order chi connectivity index (χ1) is 33.6. The van der Waals surface area contributed by atoms with Crippen molar-refractivity contribution in [2.75, 3.05) is 0 Å². The SMILES string of the molecule is CCC1=C(c2ccc3c(c2)oc2ccccc23)N=C(c2cc3c4ccccc4c4ccccc4c3cc2-c2cccc3c4cccc5c6ccccc6n(c23)c54)C(C)C/C=C(\c2ccccc2)C1. The normalized spacial score (nSPS) is 15.9. The van der Waals surface area contributed by atoms with Gasteiger partial charge in [0.05, 0.1) is 28.0 Å². The van der Waals surface area contributed by atoms with E-state index in [9.17, 15) is 0 Å². The lowest BCUT2D eigenvalue weighted by Crippen LogP contribution is -2.14. The molecular weight excluding hydrogens is 825 g/mol. The van der Waals surface area contributed by atoms with Crippen LogP contribution in [0.5, 0.6) is 0 Å². The van der Waals surface area contributed by atoms with Gasteiger partial charge in [-0.3, -0.25) is 4.99 Å². The second-order valence-electron chi connectivity index (χ2n) is 18.8. The Balaban J connectivity index is 1.12. The van der Waals surface area contributed by atoms with Crippen molar-refractivity contribution in [3.05, 3.63) is 222 Å². The van der Waals surface area contributed by atoms with Crippen LogP contribution in [0.4, 0.5) is 0 Å². The lowest BCUT2D eigenvalue weighted by molar-refractivity contribution is 0.669. The van der Waals surface area contributed by atoms with Crippen LogP contribution < -0.4 is 0 Å². The van der Waals surface area contributed by atoms with Gasteiger partial charge in [-0.05, 0) is 110 Å². The maximum absolute atomic E-state index is 6.59. The van der Waals surface area contributed by atoms with Crippen LogP contribution in [-0.4, -0.2) is 10.1 Å². The lowest BCUT2D eigenvalue weighted by Gasteiger charge is -2.22. The Morgan fingerprint density at radius 2 is 1.04 bits per heavy atom. The van der Waals surface area contributed by atoms with E-state index in [-0.39, 0.29) is 5.92 Å². The van der Waals surface area contributed by atoms with Crippen LogP contribution in [0.3, 0.4) is 0 Å². The predicted molar refractivity (Wildman–Crippen MR) is 289 cm³/mol. The molecule has 322 valence electrons. The predicted octanol–water partition coefficient (Wildman–Crippen LogP) is 18.0. The van der Waals surface area contributed by atoms with Gasteiger partial charge in [-0.15, -0.1) is 0 Å². The molecule has 0 saturated carbocycles. The maximum Gasteiger partial charge on any atom is 0.136 e. The van der Waals surface area contributed by atoms with Gasteiger partial charge in [0.25, 0.3) is 0 Å². The fourth-order valence-corrected chi connectivity index (χ4v) is 11.8. The van der Waals surface area contributed by atoms with Gasteiger partial charge < -0.3 is 8.82 Å². The molecule has 3 nitrogen and oxygen atoms in total. The molecule has 4 heterocycles. The Labute approximate surface area is 393 Å². The van der Waals surface area contributed by atoms with Crippen LogP contribution in [-0.2, 0) is 0 Å². The Hall–Kier alpha value is -8.27. The number of aliphatic imine (C=N–C) groups is 1. The molecule has 13 aromatic rings. The van der Waals surface area contributed by atoms with Crippen LogP contribution in [0.1, 0.15) is 49.8 Å². The number of aromatic nitrogens is 1. The third-order valence-corrected chi connectivity index (χ3v) is 15.1. The van der Waals surface area contributed by atoms with Crippen molar-refractivity contribution in [1.82, 2.24) is 4.40 Å². The monoisotopic (exact) mass is 870 g/mol. The summed E-state index contributed by atoms with van der Waals surface area (Å²) in [6.07, 6.45) is 5.00. The molecule has 10 aromatic carbocycles. The van der Waals surface area contributed by atoms with Gasteiger partial charge in [0, 0.05) is 54.9 Å². The number of hydrogen-bond donors (Lipinski definition) is 0. The van der Waals surface area contributed by atoms with Crippen molar-refractivity contribution < 1.29 is 4.42 Å². The number of para-hydroxylation sites is 4. The number of nitrogens with zero attached hydrogens (tertiary/aromatic N) is 2. The highest BCUT2D eigenvalue weighted by atomic mass is 16.3. The standard InChI is InChI=1S/C65H46N2O/c1-3-40-35-42(41-17-5-4-6-18-41)32-31-39(2)62(66-63(40)43-33-34-50-49-24-12-14-30-60(49)68-61(50)36-43)58-38-56-47-22-10-8-20-45(47)44-19-7-9-21-46(44)55(56)37-57(58)54-28-16-27-53-52-26-15-25-51-48-23-11-13-29-59(48)67(64(51)52)65(53)54/h4-30,32-34,36-39H,3,31,35H2,1-2H3/b42-32-,63-40?,66-62?. The molecule has 3 aromatic heterocycles. The van der Waals surface area contributed by atoms with Crippen LogP contribution >= 0.6 is 0 Å². The highest BCUT2D eigenvalue weighted by molar-refractivity contribution is 6.29. The molecule has 1 aliphatic heterocycles. The molecule has 0 amide bonds. The summed E-state index contributed by atoms with van der Waals surface area (Å²) < 4.78 is 9.13. The van der Waals surface area contributed by atoms with Gasteiger partial charge in [0.2, 0.25) is 0 Å². The molecule has 0 saturated heterocycles. The summed E-state index contributed by atoms with van der Waals surface area (Å²) in [6, 6.07) is 71.6. The summed E-state index contributed by atoms with van der Waals surface area (Å²) in [6.45, 7) is 4.68. The third-order valence-electron chi connectivity index (χ3n) is 15.1. The second-order valence-corrected chi connectivity index (χ2v) is 18.8. The average Bonchev–Trinajstić information content (AvgIpc) is 4.07. The molecule has 3 heteroatoms. The molecule has 14 rings (SSSR count). The minimum Gasteiger partial charge on any atom is -0.456 e. The molecular formula is C65H46N2O.